The van der Waals surface area contributed by atoms with Gasteiger partial charge >= 0.3 is 0 Å². The van der Waals surface area contributed by atoms with E-state index in [1.54, 1.807) is 11.9 Å². The summed E-state index contributed by atoms with van der Waals surface area (Å²) in [5, 5.41) is 5.84. The number of Topliss-reactive ketones (excluding diaryl/α,β-unsaturated/α-hetero) is 1. The summed E-state index contributed by atoms with van der Waals surface area (Å²) >= 11 is 0. The molecule has 1 rings (SSSR count). The number of hydrogen-bond acceptors (Lipinski definition) is 3. The fourth-order valence-electron chi connectivity index (χ4n) is 0.997. The van der Waals surface area contributed by atoms with Crippen LogP contribution in [-0.4, -0.2) is 18.5 Å². The molecular weight excluding hydrogens is 176 g/mol. The van der Waals surface area contributed by atoms with Gasteiger partial charge in [0.25, 0.3) is 0 Å². The summed E-state index contributed by atoms with van der Waals surface area (Å²) in [6.07, 6.45) is 0. The van der Waals surface area contributed by atoms with Gasteiger partial charge in [-0.15, -0.1) is 0 Å². The van der Waals surface area contributed by atoms with Crippen LogP contribution in [0.5, 0.6) is 0 Å². The van der Waals surface area contributed by atoms with Gasteiger partial charge in [-0.05, 0) is 19.1 Å². The molecule has 0 aromatic heterocycles. The van der Waals surface area contributed by atoms with Crippen LogP contribution in [0.4, 0.5) is 5.69 Å². The Hall–Kier alpha value is -1.64. The second-order valence-corrected chi connectivity index (χ2v) is 3.10. The molecule has 0 atom stereocenters. The molecule has 3 nitrogen and oxygen atoms in total. The molecule has 3 heteroatoms. The van der Waals surface area contributed by atoms with Crippen molar-refractivity contribution in [2.24, 2.45) is 5.10 Å². The molecule has 0 radical (unpaired) electrons. The van der Waals surface area contributed by atoms with E-state index in [0.29, 0.717) is 5.71 Å². The van der Waals surface area contributed by atoms with Crippen LogP contribution >= 0.6 is 0 Å². The van der Waals surface area contributed by atoms with Crippen LogP contribution in [0.3, 0.4) is 0 Å². The van der Waals surface area contributed by atoms with E-state index in [1.807, 2.05) is 37.4 Å². The molecule has 0 bridgehead atoms. The molecule has 0 saturated carbocycles. The van der Waals surface area contributed by atoms with Gasteiger partial charge in [0.05, 0.1) is 5.69 Å². The summed E-state index contributed by atoms with van der Waals surface area (Å²) in [6.45, 7) is 3.22. The van der Waals surface area contributed by atoms with Gasteiger partial charge in [0.15, 0.2) is 5.78 Å². The van der Waals surface area contributed by atoms with E-state index >= 15 is 0 Å². The number of rotatable bonds is 3. The lowest BCUT2D eigenvalue weighted by Crippen LogP contribution is -2.15. The second kappa shape index (κ2) is 4.56. The molecule has 0 aliphatic heterocycles. The third kappa shape index (κ3) is 2.69. The zero-order valence-corrected chi connectivity index (χ0v) is 8.69. The maximum atomic E-state index is 11.0. The van der Waals surface area contributed by atoms with Crippen LogP contribution in [0.25, 0.3) is 0 Å². The summed E-state index contributed by atoms with van der Waals surface area (Å²) in [7, 11) is 1.82. The lowest BCUT2D eigenvalue weighted by atomic mass is 10.3. The predicted molar refractivity (Wildman–Crippen MR) is 58.6 cm³/mol. The van der Waals surface area contributed by atoms with Crippen molar-refractivity contribution in [3.63, 3.8) is 0 Å². The maximum absolute atomic E-state index is 11.0. The molecule has 0 fully saturated rings. The van der Waals surface area contributed by atoms with E-state index in [2.05, 4.69) is 5.10 Å². The first-order valence-electron chi connectivity index (χ1n) is 4.46. The average Bonchev–Trinajstić information content (AvgIpc) is 2.19. The van der Waals surface area contributed by atoms with Gasteiger partial charge in [-0.2, -0.15) is 5.10 Å². The zero-order chi connectivity index (χ0) is 10.6. The molecular formula is C11H14N2O. The van der Waals surface area contributed by atoms with Gasteiger partial charge in [-0.25, -0.2) is 0 Å². The lowest BCUT2D eigenvalue weighted by molar-refractivity contribution is -0.111. The van der Waals surface area contributed by atoms with Crippen molar-refractivity contribution in [3.05, 3.63) is 30.3 Å². The number of benzene rings is 1. The minimum absolute atomic E-state index is 0.00668. The van der Waals surface area contributed by atoms with E-state index in [-0.39, 0.29) is 5.78 Å². The number of carbonyl (C=O) groups is 1. The SMILES string of the molecule is CC(=O)C(C)=NN(C)c1ccccc1. The Bertz CT molecular complexity index is 344. The first-order chi connectivity index (χ1) is 6.61. The molecule has 0 heterocycles. The van der Waals surface area contributed by atoms with Gasteiger partial charge in [0.1, 0.15) is 5.71 Å². The van der Waals surface area contributed by atoms with Crippen molar-refractivity contribution in [1.29, 1.82) is 0 Å². The third-order valence-corrected chi connectivity index (χ3v) is 1.94. The number of anilines is 1. The molecule has 0 unspecified atom stereocenters. The number of para-hydroxylation sites is 1. The Balaban J connectivity index is 2.82. The summed E-state index contributed by atoms with van der Waals surface area (Å²) in [5.41, 5.74) is 1.48. The Labute approximate surface area is 84.0 Å². The van der Waals surface area contributed by atoms with Crippen LogP contribution in [0.2, 0.25) is 0 Å². The highest BCUT2D eigenvalue weighted by atomic mass is 16.1. The molecule has 1 aromatic carbocycles. The van der Waals surface area contributed by atoms with E-state index in [1.165, 1.54) is 6.92 Å². The quantitative estimate of drug-likeness (QED) is 0.540. The minimum Gasteiger partial charge on any atom is -0.293 e. The zero-order valence-electron chi connectivity index (χ0n) is 8.69. The second-order valence-electron chi connectivity index (χ2n) is 3.10. The summed E-state index contributed by atoms with van der Waals surface area (Å²) in [6, 6.07) is 9.70. The summed E-state index contributed by atoms with van der Waals surface area (Å²) in [5.74, 6) is -0.00668. The number of ketones is 1. The third-order valence-electron chi connectivity index (χ3n) is 1.94. The molecule has 1 aromatic rings. The van der Waals surface area contributed by atoms with Crippen LogP contribution < -0.4 is 5.01 Å². The Morgan fingerprint density at radius 2 is 1.79 bits per heavy atom. The van der Waals surface area contributed by atoms with Crippen molar-refractivity contribution in [1.82, 2.24) is 0 Å². The van der Waals surface area contributed by atoms with Crippen LogP contribution in [0, 0.1) is 0 Å². The van der Waals surface area contributed by atoms with Gasteiger partial charge in [-0.3, -0.25) is 9.80 Å². The Kier molecular flexibility index (Phi) is 3.40. The van der Waals surface area contributed by atoms with E-state index in [4.69, 9.17) is 0 Å². The highest BCUT2D eigenvalue weighted by Gasteiger charge is 2.01. The van der Waals surface area contributed by atoms with Gasteiger partial charge in [0, 0.05) is 14.0 Å². The lowest BCUT2D eigenvalue weighted by Gasteiger charge is -2.13. The predicted octanol–water partition coefficient (Wildman–Crippen LogP) is 2.09. The van der Waals surface area contributed by atoms with E-state index in [9.17, 15) is 4.79 Å². The van der Waals surface area contributed by atoms with Crippen LogP contribution in [0.15, 0.2) is 35.4 Å². The van der Waals surface area contributed by atoms with Gasteiger partial charge in [0.2, 0.25) is 0 Å². The molecule has 74 valence electrons. The average molecular weight is 190 g/mol. The number of carbonyl (C=O) groups excluding carboxylic acids is 1. The van der Waals surface area contributed by atoms with Crippen molar-refractivity contribution in [2.75, 3.05) is 12.1 Å². The first-order valence-corrected chi connectivity index (χ1v) is 4.46. The highest BCUT2D eigenvalue weighted by Crippen LogP contribution is 2.10. The Morgan fingerprint density at radius 1 is 1.21 bits per heavy atom. The number of hydrogen-bond donors (Lipinski definition) is 0. The molecule has 0 aliphatic rings. The Morgan fingerprint density at radius 3 is 2.29 bits per heavy atom. The molecule has 0 aliphatic carbocycles. The first kappa shape index (κ1) is 10.4. The number of nitrogens with zero attached hydrogens (tertiary/aromatic N) is 2. The van der Waals surface area contributed by atoms with Crippen molar-refractivity contribution in [3.8, 4) is 0 Å². The van der Waals surface area contributed by atoms with E-state index < -0.39 is 0 Å². The standard InChI is InChI=1S/C11H14N2O/c1-9(10(2)14)12-13(3)11-7-5-4-6-8-11/h4-8H,1-3H3. The van der Waals surface area contributed by atoms with Gasteiger partial charge < -0.3 is 0 Å². The van der Waals surface area contributed by atoms with E-state index in [0.717, 1.165) is 5.69 Å². The smallest absolute Gasteiger partial charge is 0.175 e. The fourth-order valence-corrected chi connectivity index (χ4v) is 0.997. The normalized spacial score (nSPS) is 11.2. The van der Waals surface area contributed by atoms with Crippen LogP contribution in [0.1, 0.15) is 13.8 Å². The van der Waals surface area contributed by atoms with Crippen molar-refractivity contribution >= 4 is 17.2 Å². The highest BCUT2D eigenvalue weighted by molar-refractivity contribution is 6.38. The largest absolute Gasteiger partial charge is 0.293 e. The fraction of sp³-hybridized carbons (Fsp3) is 0.273. The van der Waals surface area contributed by atoms with Crippen molar-refractivity contribution < 1.29 is 4.79 Å². The minimum atomic E-state index is -0.00668. The monoisotopic (exact) mass is 190 g/mol. The molecule has 0 saturated heterocycles. The molecule has 0 N–H and O–H groups in total. The number of hydrazone groups is 1. The summed E-state index contributed by atoms with van der Waals surface area (Å²) < 4.78 is 0. The van der Waals surface area contributed by atoms with Crippen molar-refractivity contribution in [2.45, 2.75) is 13.8 Å². The maximum Gasteiger partial charge on any atom is 0.175 e. The molecule has 0 spiro atoms. The van der Waals surface area contributed by atoms with Gasteiger partial charge in [-0.1, -0.05) is 18.2 Å². The van der Waals surface area contributed by atoms with Crippen LogP contribution in [-0.2, 0) is 4.79 Å². The summed E-state index contributed by atoms with van der Waals surface area (Å²) in [4.78, 5) is 11.0. The topological polar surface area (TPSA) is 32.7 Å². The molecule has 0 amide bonds. The molecule has 14 heavy (non-hydrogen) atoms.